The first-order valence-electron chi connectivity index (χ1n) is 6.88. The fourth-order valence-corrected chi connectivity index (χ4v) is 2.96. The predicted molar refractivity (Wildman–Crippen MR) is 79.2 cm³/mol. The van der Waals surface area contributed by atoms with Crippen molar-refractivity contribution in [2.24, 2.45) is 0 Å². The lowest BCUT2D eigenvalue weighted by Gasteiger charge is -2.06. The first kappa shape index (κ1) is 10.7. The molecule has 0 atom stereocenters. The van der Waals surface area contributed by atoms with Gasteiger partial charge in [0.2, 0.25) is 0 Å². The van der Waals surface area contributed by atoms with Gasteiger partial charge in [-0.05, 0) is 48.6 Å². The molecule has 1 aliphatic carbocycles. The van der Waals surface area contributed by atoms with Gasteiger partial charge in [0.1, 0.15) is 0 Å². The number of para-hydroxylation sites is 1. The van der Waals surface area contributed by atoms with Gasteiger partial charge in [0, 0.05) is 10.9 Å². The largest absolute Gasteiger partial charge is 0.248 e. The highest BCUT2D eigenvalue weighted by Gasteiger charge is 2.11. The van der Waals surface area contributed by atoms with Crippen LogP contribution in [0, 0.1) is 0 Å². The lowest BCUT2D eigenvalue weighted by molar-refractivity contribution is 0.912. The molecule has 2 aromatic carbocycles. The lowest BCUT2D eigenvalue weighted by atomic mass is 10.0. The average Bonchev–Trinajstić information content (AvgIpc) is 2.94. The van der Waals surface area contributed by atoms with Crippen LogP contribution in [0.15, 0.2) is 54.6 Å². The molecule has 0 aliphatic heterocycles. The summed E-state index contributed by atoms with van der Waals surface area (Å²) in [5.74, 6) is 0. The van der Waals surface area contributed by atoms with Crippen LogP contribution in [-0.4, -0.2) is 4.98 Å². The van der Waals surface area contributed by atoms with E-state index in [1.54, 1.807) is 0 Å². The second kappa shape index (κ2) is 4.20. The van der Waals surface area contributed by atoms with Gasteiger partial charge < -0.3 is 0 Å². The Morgan fingerprint density at radius 3 is 2.68 bits per heavy atom. The van der Waals surface area contributed by atoms with Crippen LogP contribution < -0.4 is 0 Å². The average molecular weight is 245 g/mol. The highest BCUT2D eigenvalue weighted by atomic mass is 14.7. The van der Waals surface area contributed by atoms with Crippen molar-refractivity contribution in [2.75, 3.05) is 0 Å². The van der Waals surface area contributed by atoms with E-state index in [-0.39, 0.29) is 0 Å². The number of aryl methyl sites for hydroxylation is 2. The number of hydrogen-bond donors (Lipinski definition) is 0. The van der Waals surface area contributed by atoms with Gasteiger partial charge in [0.25, 0.3) is 0 Å². The fraction of sp³-hybridized carbons (Fsp3) is 0.167. The normalized spacial score (nSPS) is 13.7. The van der Waals surface area contributed by atoms with Gasteiger partial charge in [-0.3, -0.25) is 0 Å². The molecule has 0 spiro atoms. The fourth-order valence-electron chi connectivity index (χ4n) is 2.96. The summed E-state index contributed by atoms with van der Waals surface area (Å²) in [6.07, 6.45) is 3.75. The molecule has 19 heavy (non-hydrogen) atoms. The van der Waals surface area contributed by atoms with Crippen LogP contribution in [-0.2, 0) is 12.8 Å². The van der Waals surface area contributed by atoms with E-state index in [2.05, 4.69) is 48.5 Å². The molecule has 0 amide bonds. The zero-order valence-corrected chi connectivity index (χ0v) is 10.8. The minimum atomic E-state index is 1.07. The van der Waals surface area contributed by atoms with E-state index in [1.807, 2.05) is 6.07 Å². The van der Waals surface area contributed by atoms with Gasteiger partial charge in [-0.25, -0.2) is 4.98 Å². The van der Waals surface area contributed by atoms with E-state index in [0.29, 0.717) is 0 Å². The highest BCUT2D eigenvalue weighted by molar-refractivity contribution is 5.81. The Kier molecular flexibility index (Phi) is 2.37. The molecule has 1 nitrogen and oxygen atoms in total. The summed E-state index contributed by atoms with van der Waals surface area (Å²) in [6.45, 7) is 0. The molecule has 92 valence electrons. The second-order valence-corrected chi connectivity index (χ2v) is 5.23. The Balaban J connectivity index is 1.85. The van der Waals surface area contributed by atoms with E-state index in [1.165, 1.54) is 41.3 Å². The van der Waals surface area contributed by atoms with E-state index in [9.17, 15) is 0 Å². The molecule has 1 aromatic heterocycles. The molecular weight excluding hydrogens is 230 g/mol. The third-order valence-electron chi connectivity index (χ3n) is 3.99. The number of pyridine rings is 1. The molecule has 0 N–H and O–H groups in total. The van der Waals surface area contributed by atoms with Gasteiger partial charge >= 0.3 is 0 Å². The molecule has 4 rings (SSSR count). The smallest absolute Gasteiger partial charge is 0.0709 e. The number of fused-ring (bicyclic) bond motifs is 2. The summed E-state index contributed by atoms with van der Waals surface area (Å²) in [6, 6.07) is 19.4. The van der Waals surface area contributed by atoms with Crippen molar-refractivity contribution in [3.63, 3.8) is 0 Å². The minimum Gasteiger partial charge on any atom is -0.248 e. The number of aromatic nitrogens is 1. The number of hydrogen-bond acceptors (Lipinski definition) is 1. The number of nitrogens with zero attached hydrogens (tertiary/aromatic N) is 1. The second-order valence-electron chi connectivity index (χ2n) is 5.23. The molecule has 1 heteroatoms. The van der Waals surface area contributed by atoms with Crippen LogP contribution in [0.3, 0.4) is 0 Å². The molecule has 0 fully saturated rings. The molecule has 0 saturated carbocycles. The van der Waals surface area contributed by atoms with Crippen molar-refractivity contribution in [3.8, 4) is 11.3 Å². The van der Waals surface area contributed by atoms with Crippen LogP contribution in [0.4, 0.5) is 0 Å². The molecule has 3 aromatic rings. The van der Waals surface area contributed by atoms with Crippen molar-refractivity contribution >= 4 is 10.9 Å². The number of benzene rings is 2. The molecule has 0 unspecified atom stereocenters. The van der Waals surface area contributed by atoms with Crippen LogP contribution >= 0.6 is 0 Å². The third-order valence-corrected chi connectivity index (χ3v) is 3.99. The molecule has 1 heterocycles. The first-order valence-corrected chi connectivity index (χ1v) is 6.88. The van der Waals surface area contributed by atoms with Crippen molar-refractivity contribution in [1.82, 2.24) is 4.98 Å². The Morgan fingerprint density at radius 2 is 1.68 bits per heavy atom. The van der Waals surface area contributed by atoms with Crippen LogP contribution in [0.25, 0.3) is 22.2 Å². The number of rotatable bonds is 1. The van der Waals surface area contributed by atoms with Gasteiger partial charge in [-0.1, -0.05) is 36.4 Å². The van der Waals surface area contributed by atoms with Crippen LogP contribution in [0.2, 0.25) is 0 Å². The highest BCUT2D eigenvalue weighted by Crippen LogP contribution is 2.28. The Hall–Kier alpha value is -2.15. The zero-order valence-electron chi connectivity index (χ0n) is 10.8. The van der Waals surface area contributed by atoms with E-state index in [0.717, 1.165) is 11.2 Å². The zero-order chi connectivity index (χ0) is 12.7. The van der Waals surface area contributed by atoms with Crippen molar-refractivity contribution in [2.45, 2.75) is 19.3 Å². The van der Waals surface area contributed by atoms with Gasteiger partial charge in [-0.2, -0.15) is 0 Å². The van der Waals surface area contributed by atoms with Crippen molar-refractivity contribution in [3.05, 3.63) is 65.7 Å². The molecule has 0 bridgehead atoms. The van der Waals surface area contributed by atoms with Gasteiger partial charge in [0.05, 0.1) is 11.2 Å². The lowest BCUT2D eigenvalue weighted by Crippen LogP contribution is -1.88. The van der Waals surface area contributed by atoms with E-state index in [4.69, 9.17) is 4.98 Å². The molecular formula is C18H15N. The quantitative estimate of drug-likeness (QED) is 0.619. The first-order chi connectivity index (χ1) is 9.40. The van der Waals surface area contributed by atoms with Crippen molar-refractivity contribution < 1.29 is 0 Å². The summed E-state index contributed by atoms with van der Waals surface area (Å²) in [5, 5.41) is 1.20. The Morgan fingerprint density at radius 1 is 0.789 bits per heavy atom. The van der Waals surface area contributed by atoms with Crippen molar-refractivity contribution in [1.29, 1.82) is 0 Å². The van der Waals surface area contributed by atoms with Gasteiger partial charge in [-0.15, -0.1) is 0 Å². The summed E-state index contributed by atoms with van der Waals surface area (Å²) in [5.41, 5.74) is 6.41. The Bertz CT molecular complexity index is 758. The van der Waals surface area contributed by atoms with E-state index >= 15 is 0 Å². The summed E-state index contributed by atoms with van der Waals surface area (Å²) >= 11 is 0. The molecule has 1 aliphatic rings. The monoisotopic (exact) mass is 245 g/mol. The topological polar surface area (TPSA) is 12.9 Å². The van der Waals surface area contributed by atoms with Gasteiger partial charge in [0.15, 0.2) is 0 Å². The standard InChI is InChI=1S/C18H15N/c1-2-7-17-14(4-1)10-11-18(19-17)16-9-8-13-5-3-6-15(13)12-16/h1-2,4,7-12H,3,5-6H2. The maximum atomic E-state index is 4.77. The van der Waals surface area contributed by atoms with E-state index < -0.39 is 0 Å². The molecule has 0 saturated heterocycles. The summed E-state index contributed by atoms with van der Waals surface area (Å²) in [7, 11) is 0. The summed E-state index contributed by atoms with van der Waals surface area (Å²) in [4.78, 5) is 4.77. The third kappa shape index (κ3) is 1.82. The maximum absolute atomic E-state index is 4.77. The Labute approximate surface area is 112 Å². The minimum absolute atomic E-state index is 1.07. The SMILES string of the molecule is c1ccc2nc(-c3ccc4c(c3)CCC4)ccc2c1. The van der Waals surface area contributed by atoms with Crippen LogP contribution in [0.5, 0.6) is 0 Å². The summed E-state index contributed by atoms with van der Waals surface area (Å²) < 4.78 is 0. The van der Waals surface area contributed by atoms with Crippen LogP contribution in [0.1, 0.15) is 17.5 Å². The maximum Gasteiger partial charge on any atom is 0.0709 e. The molecule has 0 radical (unpaired) electrons. The predicted octanol–water partition coefficient (Wildman–Crippen LogP) is 4.39.